The second-order valence-corrected chi connectivity index (χ2v) is 7.45. The Labute approximate surface area is 180 Å². The molecule has 3 aromatic rings. The van der Waals surface area contributed by atoms with E-state index in [9.17, 15) is 0 Å². The molecule has 0 aliphatic carbocycles. The monoisotopic (exact) mass is 496 g/mol. The number of fused-ring (bicyclic) bond motifs is 1. The van der Waals surface area contributed by atoms with Crippen LogP contribution in [0.5, 0.6) is 0 Å². The SMILES string of the molecule is CN=C(NCc1cn2ccc(C)cc2n1)N1CCN(c2cccs2)CC1.I. The Kier molecular flexibility index (Phi) is 6.59. The quantitative estimate of drug-likeness (QED) is 0.344. The van der Waals surface area contributed by atoms with Crippen LogP contribution in [0.1, 0.15) is 11.3 Å². The van der Waals surface area contributed by atoms with Crippen molar-refractivity contribution in [1.82, 2.24) is 19.6 Å². The van der Waals surface area contributed by atoms with Crippen molar-refractivity contribution < 1.29 is 0 Å². The van der Waals surface area contributed by atoms with E-state index in [-0.39, 0.29) is 24.0 Å². The highest BCUT2D eigenvalue weighted by Gasteiger charge is 2.20. The lowest BCUT2D eigenvalue weighted by atomic mass is 10.3. The number of anilines is 1. The summed E-state index contributed by atoms with van der Waals surface area (Å²) in [5.41, 5.74) is 3.23. The number of hydrogen-bond donors (Lipinski definition) is 1. The first-order chi connectivity index (χ1) is 12.7. The minimum absolute atomic E-state index is 0. The fourth-order valence-corrected chi connectivity index (χ4v) is 4.10. The van der Waals surface area contributed by atoms with Crippen molar-refractivity contribution in [2.24, 2.45) is 4.99 Å². The smallest absolute Gasteiger partial charge is 0.194 e. The number of nitrogens with one attached hydrogen (secondary N) is 1. The van der Waals surface area contributed by atoms with Crippen LogP contribution < -0.4 is 10.2 Å². The van der Waals surface area contributed by atoms with Gasteiger partial charge in [-0.25, -0.2) is 4.98 Å². The third-order valence-corrected chi connectivity index (χ3v) is 5.63. The number of halogens is 1. The largest absolute Gasteiger partial charge is 0.360 e. The molecule has 27 heavy (non-hydrogen) atoms. The molecule has 8 heteroatoms. The number of aryl methyl sites for hydroxylation is 1. The van der Waals surface area contributed by atoms with Crippen LogP contribution in [0.25, 0.3) is 5.65 Å². The number of pyridine rings is 1. The van der Waals surface area contributed by atoms with E-state index in [1.165, 1.54) is 10.6 Å². The van der Waals surface area contributed by atoms with Gasteiger partial charge in [-0.15, -0.1) is 35.3 Å². The first kappa shape index (κ1) is 19.9. The number of nitrogens with zero attached hydrogens (tertiary/aromatic N) is 5. The summed E-state index contributed by atoms with van der Waals surface area (Å²) >= 11 is 1.81. The maximum absolute atomic E-state index is 4.69. The summed E-state index contributed by atoms with van der Waals surface area (Å²) in [6.07, 6.45) is 4.13. The van der Waals surface area contributed by atoms with Gasteiger partial charge < -0.3 is 19.5 Å². The van der Waals surface area contributed by atoms with Gasteiger partial charge in [0.05, 0.1) is 17.2 Å². The van der Waals surface area contributed by atoms with Gasteiger partial charge in [0.25, 0.3) is 0 Å². The van der Waals surface area contributed by atoms with E-state index in [2.05, 4.69) is 73.5 Å². The molecular weight excluding hydrogens is 471 g/mol. The Morgan fingerprint density at radius 3 is 2.78 bits per heavy atom. The van der Waals surface area contributed by atoms with E-state index in [1.807, 2.05) is 7.05 Å². The van der Waals surface area contributed by atoms with Crippen molar-refractivity contribution >= 4 is 51.9 Å². The lowest BCUT2D eigenvalue weighted by Gasteiger charge is -2.36. The summed E-state index contributed by atoms with van der Waals surface area (Å²) in [6, 6.07) is 8.50. The van der Waals surface area contributed by atoms with Gasteiger partial charge in [0, 0.05) is 45.6 Å². The fourth-order valence-electron chi connectivity index (χ4n) is 3.31. The number of imidazole rings is 1. The van der Waals surface area contributed by atoms with E-state index in [1.54, 1.807) is 11.3 Å². The standard InChI is InChI=1S/C19H24N6S.HI/c1-15-5-6-25-14-16(22-17(25)12-15)13-21-19(20-2)24-9-7-23(8-10-24)18-4-3-11-26-18;/h3-6,11-12,14H,7-10,13H2,1-2H3,(H,20,21);1H. The number of guanidine groups is 1. The lowest BCUT2D eigenvalue weighted by Crippen LogP contribution is -2.52. The van der Waals surface area contributed by atoms with Crippen molar-refractivity contribution in [2.75, 3.05) is 38.1 Å². The fraction of sp³-hybridized carbons (Fsp3) is 0.368. The molecule has 0 atom stereocenters. The summed E-state index contributed by atoms with van der Waals surface area (Å²) in [4.78, 5) is 13.9. The first-order valence-electron chi connectivity index (χ1n) is 8.91. The number of aromatic nitrogens is 2. The molecule has 0 spiro atoms. The average molecular weight is 496 g/mol. The molecule has 4 heterocycles. The van der Waals surface area contributed by atoms with Crippen LogP contribution in [0.15, 0.2) is 47.0 Å². The van der Waals surface area contributed by atoms with E-state index >= 15 is 0 Å². The normalized spacial score (nSPS) is 15.1. The Morgan fingerprint density at radius 2 is 2.07 bits per heavy atom. The molecular formula is C19H25IN6S. The van der Waals surface area contributed by atoms with Gasteiger partial charge >= 0.3 is 0 Å². The Bertz CT molecular complexity index is 896. The van der Waals surface area contributed by atoms with E-state index in [4.69, 9.17) is 4.98 Å². The van der Waals surface area contributed by atoms with Crippen LogP contribution >= 0.6 is 35.3 Å². The molecule has 0 amide bonds. The Morgan fingerprint density at radius 1 is 1.26 bits per heavy atom. The third kappa shape index (κ3) is 4.55. The summed E-state index contributed by atoms with van der Waals surface area (Å²) in [5, 5.41) is 6.96. The summed E-state index contributed by atoms with van der Waals surface area (Å²) in [7, 11) is 1.85. The maximum atomic E-state index is 4.69. The van der Waals surface area contributed by atoms with Crippen molar-refractivity contribution in [3.8, 4) is 0 Å². The molecule has 0 unspecified atom stereocenters. The molecule has 1 N–H and O–H groups in total. The second kappa shape index (κ2) is 8.92. The number of rotatable bonds is 3. The minimum Gasteiger partial charge on any atom is -0.360 e. The molecule has 0 aromatic carbocycles. The molecule has 4 rings (SSSR count). The molecule has 3 aromatic heterocycles. The zero-order chi connectivity index (χ0) is 17.9. The molecule has 6 nitrogen and oxygen atoms in total. The van der Waals surface area contributed by atoms with Gasteiger partial charge in [-0.2, -0.15) is 0 Å². The van der Waals surface area contributed by atoms with Gasteiger partial charge in [0.15, 0.2) is 5.96 Å². The first-order valence-corrected chi connectivity index (χ1v) is 9.79. The van der Waals surface area contributed by atoms with Gasteiger partial charge in [-0.05, 0) is 42.1 Å². The number of thiophene rings is 1. The topological polar surface area (TPSA) is 48.2 Å². The highest BCUT2D eigenvalue weighted by molar-refractivity contribution is 14.0. The summed E-state index contributed by atoms with van der Waals surface area (Å²) in [5.74, 6) is 0.948. The highest BCUT2D eigenvalue weighted by Crippen LogP contribution is 2.22. The van der Waals surface area contributed by atoms with Gasteiger partial charge in [-0.3, -0.25) is 4.99 Å². The minimum atomic E-state index is 0. The van der Waals surface area contributed by atoms with E-state index in [0.29, 0.717) is 6.54 Å². The van der Waals surface area contributed by atoms with Crippen molar-refractivity contribution in [3.05, 3.63) is 53.3 Å². The molecule has 144 valence electrons. The number of piperazine rings is 1. The van der Waals surface area contributed by atoms with Crippen molar-refractivity contribution in [3.63, 3.8) is 0 Å². The second-order valence-electron chi connectivity index (χ2n) is 6.53. The van der Waals surface area contributed by atoms with Crippen LogP contribution in [0, 0.1) is 6.92 Å². The molecule has 0 saturated carbocycles. The summed E-state index contributed by atoms with van der Waals surface area (Å²) in [6.45, 7) is 6.76. The summed E-state index contributed by atoms with van der Waals surface area (Å²) < 4.78 is 2.06. The Hall–Kier alpha value is -1.81. The molecule has 1 fully saturated rings. The number of hydrogen-bond acceptors (Lipinski definition) is 4. The van der Waals surface area contributed by atoms with Crippen LogP contribution in [0.3, 0.4) is 0 Å². The van der Waals surface area contributed by atoms with Gasteiger partial charge in [0.1, 0.15) is 5.65 Å². The lowest BCUT2D eigenvalue weighted by molar-refractivity contribution is 0.373. The molecule has 0 bridgehead atoms. The van der Waals surface area contributed by atoms with E-state index in [0.717, 1.165) is 43.5 Å². The molecule has 1 aliphatic rings. The highest BCUT2D eigenvalue weighted by atomic mass is 127. The predicted octanol–water partition coefficient (Wildman–Crippen LogP) is 3.22. The van der Waals surface area contributed by atoms with Gasteiger partial charge in [0.2, 0.25) is 0 Å². The maximum Gasteiger partial charge on any atom is 0.194 e. The average Bonchev–Trinajstić information content (AvgIpc) is 3.32. The van der Waals surface area contributed by atoms with Crippen LogP contribution in [-0.2, 0) is 6.54 Å². The zero-order valence-corrected chi connectivity index (χ0v) is 18.8. The molecule has 1 aliphatic heterocycles. The number of aliphatic imine (C=N–C) groups is 1. The zero-order valence-electron chi connectivity index (χ0n) is 15.6. The Balaban J connectivity index is 0.00000210. The predicted molar refractivity (Wildman–Crippen MR) is 124 cm³/mol. The van der Waals surface area contributed by atoms with Gasteiger partial charge in [-0.1, -0.05) is 0 Å². The van der Waals surface area contributed by atoms with Crippen molar-refractivity contribution in [2.45, 2.75) is 13.5 Å². The van der Waals surface area contributed by atoms with E-state index < -0.39 is 0 Å². The van der Waals surface area contributed by atoms with Crippen LogP contribution in [-0.4, -0.2) is 53.5 Å². The molecule has 0 radical (unpaired) electrons. The molecule has 1 saturated heterocycles. The third-order valence-electron chi connectivity index (χ3n) is 4.70. The van der Waals surface area contributed by atoms with Crippen molar-refractivity contribution in [1.29, 1.82) is 0 Å². The van der Waals surface area contributed by atoms with Crippen LogP contribution in [0.4, 0.5) is 5.00 Å². The van der Waals surface area contributed by atoms with Crippen LogP contribution in [0.2, 0.25) is 0 Å².